The number of carboxylic acids is 1. The lowest BCUT2D eigenvalue weighted by Crippen LogP contribution is -2.26. The number of aryl methyl sites for hydroxylation is 2. The van der Waals surface area contributed by atoms with Crippen LogP contribution in [0.1, 0.15) is 34.3 Å². The molecule has 0 fully saturated rings. The number of carbonyl (C=O) groups is 1. The van der Waals surface area contributed by atoms with Crippen molar-refractivity contribution in [3.8, 4) is 0 Å². The molecule has 9 heteroatoms. The van der Waals surface area contributed by atoms with Gasteiger partial charge in [-0.2, -0.15) is 0 Å². The van der Waals surface area contributed by atoms with Gasteiger partial charge in [0.15, 0.2) is 5.65 Å². The first-order chi connectivity index (χ1) is 12.4. The molecule has 3 aromatic rings. The van der Waals surface area contributed by atoms with Crippen molar-refractivity contribution in [2.24, 2.45) is 0 Å². The number of ether oxygens (including phenoxy) is 1. The number of imidazole rings is 1. The molecule has 0 saturated heterocycles. The summed E-state index contributed by atoms with van der Waals surface area (Å²) in [5.41, 5.74) is 2.09. The third-order valence-electron chi connectivity index (χ3n) is 4.26. The van der Waals surface area contributed by atoms with Crippen LogP contribution in [-0.2, 0) is 17.8 Å². The highest BCUT2D eigenvalue weighted by Crippen LogP contribution is 2.18. The Morgan fingerprint density at radius 2 is 2.12 bits per heavy atom. The van der Waals surface area contributed by atoms with Crippen molar-refractivity contribution in [1.29, 1.82) is 0 Å². The second-order valence-electron chi connectivity index (χ2n) is 5.89. The third kappa shape index (κ3) is 3.13. The smallest absolute Gasteiger partial charge is 0.337 e. The lowest BCUT2D eigenvalue weighted by molar-refractivity contribution is 0.0696. The van der Waals surface area contributed by atoms with Crippen LogP contribution in [0.25, 0.3) is 11.2 Å². The van der Waals surface area contributed by atoms with Crippen molar-refractivity contribution in [1.82, 2.24) is 19.3 Å². The predicted molar refractivity (Wildman–Crippen MR) is 92.5 cm³/mol. The van der Waals surface area contributed by atoms with Crippen LogP contribution in [0.5, 0.6) is 0 Å². The van der Waals surface area contributed by atoms with E-state index in [0.29, 0.717) is 42.4 Å². The van der Waals surface area contributed by atoms with Gasteiger partial charge >= 0.3 is 11.7 Å². The number of hydrogen-bond acceptors (Lipinski definition) is 6. The van der Waals surface area contributed by atoms with Crippen LogP contribution in [0.2, 0.25) is 0 Å². The maximum atomic E-state index is 12.9. The van der Waals surface area contributed by atoms with E-state index in [-0.39, 0.29) is 17.8 Å². The van der Waals surface area contributed by atoms with Gasteiger partial charge in [-0.15, -0.1) is 0 Å². The van der Waals surface area contributed by atoms with Gasteiger partial charge in [-0.25, -0.2) is 14.6 Å². The molecule has 0 aliphatic carbocycles. The summed E-state index contributed by atoms with van der Waals surface area (Å²) in [5, 5.41) is 13.2. The Balaban J connectivity index is 2.15. The second-order valence-corrected chi connectivity index (χ2v) is 5.89. The van der Waals surface area contributed by atoms with E-state index in [9.17, 15) is 14.7 Å². The van der Waals surface area contributed by atoms with E-state index < -0.39 is 5.97 Å². The Morgan fingerprint density at radius 1 is 1.35 bits per heavy atom. The molecule has 0 unspecified atom stereocenters. The molecule has 138 valence electrons. The number of hydrogen-bond donors (Lipinski definition) is 1. The Kier molecular flexibility index (Phi) is 4.90. The molecule has 26 heavy (non-hydrogen) atoms. The fourth-order valence-electron chi connectivity index (χ4n) is 2.85. The molecule has 0 amide bonds. The third-order valence-corrected chi connectivity index (χ3v) is 4.26. The van der Waals surface area contributed by atoms with Crippen LogP contribution in [-0.4, -0.2) is 43.6 Å². The van der Waals surface area contributed by atoms with Crippen LogP contribution in [0.15, 0.2) is 21.6 Å². The second kappa shape index (κ2) is 7.12. The summed E-state index contributed by atoms with van der Waals surface area (Å²) >= 11 is 0. The van der Waals surface area contributed by atoms with Gasteiger partial charge < -0.3 is 14.4 Å². The Bertz CT molecular complexity index is 995. The summed E-state index contributed by atoms with van der Waals surface area (Å²) in [6.07, 6.45) is 1.25. The first kappa shape index (κ1) is 17.9. The summed E-state index contributed by atoms with van der Waals surface area (Å²) in [6, 6.07) is 1.46. The molecule has 9 nitrogen and oxygen atoms in total. The van der Waals surface area contributed by atoms with E-state index in [1.165, 1.54) is 21.4 Å². The fraction of sp³-hybridized carbons (Fsp3) is 0.412. The highest BCUT2D eigenvalue weighted by atomic mass is 16.5. The largest absolute Gasteiger partial charge is 0.478 e. The van der Waals surface area contributed by atoms with Crippen molar-refractivity contribution in [2.45, 2.75) is 33.9 Å². The molecule has 0 aliphatic heterocycles. The summed E-state index contributed by atoms with van der Waals surface area (Å²) in [7, 11) is 0. The van der Waals surface area contributed by atoms with Crippen molar-refractivity contribution < 1.29 is 19.2 Å². The van der Waals surface area contributed by atoms with Crippen molar-refractivity contribution in [3.63, 3.8) is 0 Å². The maximum Gasteiger partial charge on any atom is 0.337 e. The number of pyridine rings is 1. The lowest BCUT2D eigenvalue weighted by atomic mass is 10.2. The Morgan fingerprint density at radius 3 is 2.73 bits per heavy atom. The van der Waals surface area contributed by atoms with Gasteiger partial charge in [-0.05, 0) is 26.8 Å². The number of carboxylic acid groups (broad SMARTS) is 1. The Hall–Kier alpha value is -2.94. The molecular formula is C17H20N4O5. The molecule has 0 saturated carbocycles. The minimum Gasteiger partial charge on any atom is -0.478 e. The van der Waals surface area contributed by atoms with E-state index >= 15 is 0 Å². The van der Waals surface area contributed by atoms with E-state index in [1.807, 2.05) is 6.92 Å². The Labute approximate surface area is 148 Å². The average molecular weight is 360 g/mol. The molecule has 0 atom stereocenters. The molecule has 0 bridgehead atoms. The molecule has 0 aliphatic rings. The monoisotopic (exact) mass is 360 g/mol. The number of nitrogens with zero attached hydrogens (tertiary/aromatic N) is 4. The van der Waals surface area contributed by atoms with Crippen LogP contribution in [0, 0.1) is 13.8 Å². The maximum absolute atomic E-state index is 12.9. The van der Waals surface area contributed by atoms with Crippen LogP contribution < -0.4 is 5.69 Å². The summed E-state index contributed by atoms with van der Waals surface area (Å²) in [4.78, 5) is 28.5. The zero-order valence-corrected chi connectivity index (χ0v) is 14.9. The van der Waals surface area contributed by atoms with E-state index in [0.717, 1.165) is 5.56 Å². The van der Waals surface area contributed by atoms with Gasteiger partial charge in [0.2, 0.25) is 0 Å². The molecular weight excluding hydrogens is 340 g/mol. The zero-order valence-electron chi connectivity index (χ0n) is 14.9. The average Bonchev–Trinajstić information content (AvgIpc) is 3.07. The first-order valence-electron chi connectivity index (χ1n) is 8.25. The van der Waals surface area contributed by atoms with Crippen molar-refractivity contribution in [3.05, 3.63) is 45.3 Å². The van der Waals surface area contributed by atoms with Gasteiger partial charge in [0.1, 0.15) is 5.76 Å². The van der Waals surface area contributed by atoms with Crippen LogP contribution >= 0.6 is 0 Å². The van der Waals surface area contributed by atoms with E-state index in [2.05, 4.69) is 10.1 Å². The molecule has 3 aromatic heterocycles. The van der Waals surface area contributed by atoms with Gasteiger partial charge in [-0.3, -0.25) is 9.13 Å². The highest BCUT2D eigenvalue weighted by Gasteiger charge is 2.19. The number of rotatable bonds is 7. The molecule has 0 spiro atoms. The zero-order chi connectivity index (χ0) is 18.8. The number of aromatic nitrogens is 4. The van der Waals surface area contributed by atoms with E-state index in [4.69, 9.17) is 9.26 Å². The molecule has 0 radical (unpaired) electrons. The minimum absolute atomic E-state index is 0.0203. The first-order valence-corrected chi connectivity index (χ1v) is 8.25. The van der Waals surface area contributed by atoms with Gasteiger partial charge in [0.05, 0.1) is 36.5 Å². The van der Waals surface area contributed by atoms with Crippen molar-refractivity contribution >= 4 is 17.1 Å². The van der Waals surface area contributed by atoms with Crippen molar-refractivity contribution in [2.75, 3.05) is 13.2 Å². The van der Waals surface area contributed by atoms with Crippen LogP contribution in [0.4, 0.5) is 0 Å². The molecule has 0 aromatic carbocycles. The van der Waals surface area contributed by atoms with Gasteiger partial charge in [0.25, 0.3) is 0 Å². The topological polar surface area (TPSA) is 112 Å². The van der Waals surface area contributed by atoms with Gasteiger partial charge in [0, 0.05) is 18.4 Å². The number of aromatic carboxylic acids is 1. The van der Waals surface area contributed by atoms with Crippen LogP contribution in [0.3, 0.4) is 0 Å². The normalized spacial score (nSPS) is 11.3. The standard InChI is InChI=1S/C17H20N4O5/c1-4-25-6-5-20-15-14(7-12(8-18-15)16(22)23)21(17(20)24)9-13-10(2)19-26-11(13)3/h7-8H,4-6,9H2,1-3H3,(H,22,23). The lowest BCUT2D eigenvalue weighted by Gasteiger charge is -2.03. The number of fused-ring (bicyclic) bond motifs is 1. The SMILES string of the molecule is CCOCCn1c(=O)n(Cc2c(C)noc2C)c2cc(C(=O)O)cnc21. The molecule has 3 heterocycles. The quantitative estimate of drug-likeness (QED) is 0.637. The summed E-state index contributed by atoms with van der Waals surface area (Å²) in [6.45, 7) is 6.91. The molecule has 3 rings (SSSR count). The summed E-state index contributed by atoms with van der Waals surface area (Å²) < 4.78 is 13.5. The van der Waals surface area contributed by atoms with E-state index in [1.54, 1.807) is 13.8 Å². The molecule has 1 N–H and O–H groups in total. The highest BCUT2D eigenvalue weighted by molar-refractivity contribution is 5.91. The minimum atomic E-state index is -1.10. The fourth-order valence-corrected chi connectivity index (χ4v) is 2.85. The van der Waals surface area contributed by atoms with Gasteiger partial charge in [-0.1, -0.05) is 5.16 Å². The predicted octanol–water partition coefficient (Wildman–Crippen LogP) is 1.59. The summed E-state index contributed by atoms with van der Waals surface area (Å²) in [5.74, 6) is -0.482.